The van der Waals surface area contributed by atoms with E-state index in [0.29, 0.717) is 0 Å². The fourth-order valence-electron chi connectivity index (χ4n) is 1.28. The SMILES string of the molecule is CCC(CC)N(C)C(=O)NCC(=O)O. The molecule has 0 aliphatic heterocycles. The molecule has 0 saturated heterocycles. The summed E-state index contributed by atoms with van der Waals surface area (Å²) in [4.78, 5) is 23.1. The third-order valence-electron chi connectivity index (χ3n) is 2.20. The molecule has 0 spiro atoms. The second-order valence-corrected chi connectivity index (χ2v) is 3.13. The van der Waals surface area contributed by atoms with Gasteiger partial charge in [0.2, 0.25) is 0 Å². The minimum absolute atomic E-state index is 0.170. The number of urea groups is 1. The van der Waals surface area contributed by atoms with Crippen LogP contribution in [-0.2, 0) is 4.79 Å². The number of hydrogen-bond donors (Lipinski definition) is 2. The van der Waals surface area contributed by atoms with Crippen molar-refractivity contribution in [2.75, 3.05) is 13.6 Å². The molecule has 2 amide bonds. The molecule has 82 valence electrons. The van der Waals surface area contributed by atoms with Crippen LogP contribution >= 0.6 is 0 Å². The molecule has 0 saturated carbocycles. The lowest BCUT2D eigenvalue weighted by Crippen LogP contribution is -2.44. The number of aliphatic carboxylic acids is 1. The molecular formula is C9H18N2O3. The van der Waals surface area contributed by atoms with Crippen molar-refractivity contribution in [3.05, 3.63) is 0 Å². The van der Waals surface area contributed by atoms with Crippen molar-refractivity contribution >= 4 is 12.0 Å². The highest BCUT2D eigenvalue weighted by molar-refractivity contribution is 5.79. The number of amides is 2. The molecule has 0 aromatic carbocycles. The molecule has 2 N–H and O–H groups in total. The number of nitrogens with zero attached hydrogens (tertiary/aromatic N) is 1. The largest absolute Gasteiger partial charge is 0.480 e. The summed E-state index contributed by atoms with van der Waals surface area (Å²) < 4.78 is 0. The Hall–Kier alpha value is -1.26. The van der Waals surface area contributed by atoms with Crippen molar-refractivity contribution in [3.63, 3.8) is 0 Å². The van der Waals surface area contributed by atoms with Gasteiger partial charge >= 0.3 is 12.0 Å². The van der Waals surface area contributed by atoms with E-state index < -0.39 is 5.97 Å². The van der Waals surface area contributed by atoms with Crippen LogP contribution in [0.4, 0.5) is 4.79 Å². The highest BCUT2D eigenvalue weighted by atomic mass is 16.4. The van der Waals surface area contributed by atoms with E-state index >= 15 is 0 Å². The number of carboxylic acid groups (broad SMARTS) is 1. The molecule has 5 nitrogen and oxygen atoms in total. The molecule has 14 heavy (non-hydrogen) atoms. The smallest absolute Gasteiger partial charge is 0.323 e. The van der Waals surface area contributed by atoms with Crippen LogP contribution in [0.5, 0.6) is 0 Å². The number of rotatable bonds is 5. The molecule has 0 aromatic heterocycles. The minimum atomic E-state index is -1.03. The first kappa shape index (κ1) is 12.7. The Morgan fingerprint density at radius 1 is 1.36 bits per heavy atom. The Labute approximate surface area is 84.1 Å². The molecule has 0 atom stereocenters. The summed E-state index contributed by atoms with van der Waals surface area (Å²) in [6.45, 7) is 3.66. The summed E-state index contributed by atoms with van der Waals surface area (Å²) in [7, 11) is 1.68. The van der Waals surface area contributed by atoms with Crippen molar-refractivity contribution in [1.29, 1.82) is 0 Å². The van der Waals surface area contributed by atoms with Gasteiger partial charge in [-0.3, -0.25) is 4.79 Å². The summed E-state index contributed by atoms with van der Waals surface area (Å²) >= 11 is 0. The predicted octanol–water partition coefficient (Wildman–Crippen LogP) is 0.901. The van der Waals surface area contributed by atoms with Gasteiger partial charge in [0.25, 0.3) is 0 Å². The molecule has 0 rings (SSSR count). The van der Waals surface area contributed by atoms with Crippen molar-refractivity contribution in [3.8, 4) is 0 Å². The van der Waals surface area contributed by atoms with E-state index in [9.17, 15) is 9.59 Å². The summed E-state index contributed by atoms with van der Waals surface area (Å²) in [6.07, 6.45) is 1.74. The van der Waals surface area contributed by atoms with E-state index in [1.54, 1.807) is 11.9 Å². The maximum Gasteiger partial charge on any atom is 0.323 e. The first-order valence-corrected chi connectivity index (χ1v) is 4.75. The lowest BCUT2D eigenvalue weighted by molar-refractivity contribution is -0.135. The molecule has 0 aliphatic carbocycles. The Kier molecular flexibility index (Phi) is 5.67. The van der Waals surface area contributed by atoms with Crippen LogP contribution in [0, 0.1) is 0 Å². The highest BCUT2D eigenvalue weighted by Gasteiger charge is 2.16. The highest BCUT2D eigenvalue weighted by Crippen LogP contribution is 2.05. The fraction of sp³-hybridized carbons (Fsp3) is 0.778. The number of hydrogen-bond acceptors (Lipinski definition) is 2. The van der Waals surface area contributed by atoms with Crippen LogP contribution in [-0.4, -0.2) is 41.6 Å². The van der Waals surface area contributed by atoms with E-state index in [0.717, 1.165) is 12.8 Å². The summed E-state index contributed by atoms with van der Waals surface area (Å²) in [5.74, 6) is -1.03. The number of carbonyl (C=O) groups is 2. The quantitative estimate of drug-likeness (QED) is 0.696. The van der Waals surface area contributed by atoms with E-state index in [1.807, 2.05) is 13.8 Å². The molecule has 5 heteroatoms. The lowest BCUT2D eigenvalue weighted by atomic mass is 10.1. The van der Waals surface area contributed by atoms with Crippen LogP contribution in [0.25, 0.3) is 0 Å². The second-order valence-electron chi connectivity index (χ2n) is 3.13. The Balaban J connectivity index is 4.03. The first-order chi connectivity index (χ1) is 6.52. The average molecular weight is 202 g/mol. The lowest BCUT2D eigenvalue weighted by Gasteiger charge is -2.26. The fourth-order valence-corrected chi connectivity index (χ4v) is 1.28. The zero-order chi connectivity index (χ0) is 11.1. The van der Waals surface area contributed by atoms with Crippen LogP contribution in [0.15, 0.2) is 0 Å². The Morgan fingerprint density at radius 3 is 2.21 bits per heavy atom. The van der Waals surface area contributed by atoms with E-state index in [-0.39, 0.29) is 18.6 Å². The molecule has 0 radical (unpaired) electrons. The van der Waals surface area contributed by atoms with Crippen LogP contribution < -0.4 is 5.32 Å². The van der Waals surface area contributed by atoms with Gasteiger partial charge in [-0.1, -0.05) is 13.8 Å². The molecule has 0 aliphatic rings. The normalized spacial score (nSPS) is 10.0. The zero-order valence-corrected chi connectivity index (χ0v) is 8.91. The van der Waals surface area contributed by atoms with Gasteiger partial charge in [-0.15, -0.1) is 0 Å². The van der Waals surface area contributed by atoms with Crippen LogP contribution in [0.2, 0.25) is 0 Å². The Bertz CT molecular complexity index is 202. The predicted molar refractivity (Wildman–Crippen MR) is 53.2 cm³/mol. The van der Waals surface area contributed by atoms with Gasteiger partial charge in [0.05, 0.1) is 0 Å². The van der Waals surface area contributed by atoms with Gasteiger partial charge in [0, 0.05) is 13.1 Å². The monoisotopic (exact) mass is 202 g/mol. The van der Waals surface area contributed by atoms with Crippen molar-refractivity contribution in [1.82, 2.24) is 10.2 Å². The standard InChI is InChI=1S/C9H18N2O3/c1-4-7(5-2)11(3)9(14)10-6-8(12)13/h7H,4-6H2,1-3H3,(H,10,14)(H,12,13). The van der Waals surface area contributed by atoms with Gasteiger partial charge in [-0.25, -0.2) is 4.79 Å². The zero-order valence-electron chi connectivity index (χ0n) is 8.91. The average Bonchev–Trinajstić information content (AvgIpc) is 2.15. The number of nitrogens with one attached hydrogen (secondary N) is 1. The third-order valence-corrected chi connectivity index (χ3v) is 2.20. The molecular weight excluding hydrogens is 184 g/mol. The minimum Gasteiger partial charge on any atom is -0.480 e. The van der Waals surface area contributed by atoms with Crippen LogP contribution in [0.3, 0.4) is 0 Å². The van der Waals surface area contributed by atoms with Crippen molar-refractivity contribution in [2.45, 2.75) is 32.7 Å². The summed E-state index contributed by atoms with van der Waals surface area (Å²) in [5, 5.41) is 10.7. The van der Waals surface area contributed by atoms with E-state index in [4.69, 9.17) is 5.11 Å². The van der Waals surface area contributed by atoms with E-state index in [2.05, 4.69) is 5.32 Å². The van der Waals surface area contributed by atoms with Gasteiger partial charge < -0.3 is 15.3 Å². The molecule has 0 aromatic rings. The number of carbonyl (C=O) groups excluding carboxylic acids is 1. The maximum absolute atomic E-state index is 11.4. The summed E-state index contributed by atoms with van der Waals surface area (Å²) in [6, 6.07) is -0.162. The third kappa shape index (κ3) is 4.11. The van der Waals surface area contributed by atoms with Gasteiger partial charge in [0.1, 0.15) is 6.54 Å². The molecule has 0 unspecified atom stereocenters. The Morgan fingerprint density at radius 2 is 1.86 bits per heavy atom. The molecule has 0 heterocycles. The van der Waals surface area contributed by atoms with Crippen molar-refractivity contribution < 1.29 is 14.7 Å². The van der Waals surface area contributed by atoms with Crippen LogP contribution in [0.1, 0.15) is 26.7 Å². The van der Waals surface area contributed by atoms with Gasteiger partial charge in [0.15, 0.2) is 0 Å². The maximum atomic E-state index is 11.4. The van der Waals surface area contributed by atoms with Gasteiger partial charge in [-0.2, -0.15) is 0 Å². The van der Waals surface area contributed by atoms with Gasteiger partial charge in [-0.05, 0) is 12.8 Å². The van der Waals surface area contributed by atoms with E-state index in [1.165, 1.54) is 0 Å². The summed E-state index contributed by atoms with van der Waals surface area (Å²) in [5.41, 5.74) is 0. The molecule has 0 fully saturated rings. The molecule has 0 bridgehead atoms. The second kappa shape index (κ2) is 6.23. The van der Waals surface area contributed by atoms with Crippen molar-refractivity contribution in [2.24, 2.45) is 0 Å². The topological polar surface area (TPSA) is 69.6 Å². The number of carboxylic acids is 1. The first-order valence-electron chi connectivity index (χ1n) is 4.75.